The predicted octanol–water partition coefficient (Wildman–Crippen LogP) is 13.2. The average Bonchev–Trinajstić information content (AvgIpc) is 1.92. The summed E-state index contributed by atoms with van der Waals surface area (Å²) in [5.74, 6) is -2.12. The van der Waals surface area contributed by atoms with Gasteiger partial charge in [0.2, 0.25) is 0 Å². The first-order valence-electron chi connectivity index (χ1n) is 26.8. The highest BCUT2D eigenvalue weighted by molar-refractivity contribution is 7.99. The number of rotatable bonds is 18. The van der Waals surface area contributed by atoms with Crippen molar-refractivity contribution in [2.45, 2.75) is 31.6 Å². The van der Waals surface area contributed by atoms with Crippen molar-refractivity contribution in [3.8, 4) is 22.6 Å². The maximum Gasteiger partial charge on any atom is 0.354 e. The van der Waals surface area contributed by atoms with E-state index in [2.05, 4.69) is 36.0 Å². The van der Waals surface area contributed by atoms with Crippen LogP contribution in [0, 0.1) is 20.2 Å². The normalized spacial score (nSPS) is 10.6. The molecule has 0 unspecified atom stereocenters. The van der Waals surface area contributed by atoms with Crippen molar-refractivity contribution in [3.05, 3.63) is 236 Å². The number of hydrogen-bond donors (Lipinski definition) is 9. The Hall–Kier alpha value is -11.9. The van der Waals surface area contributed by atoms with Crippen molar-refractivity contribution in [3.63, 3.8) is 0 Å². The van der Waals surface area contributed by atoms with Crippen molar-refractivity contribution >= 4 is 108 Å². The molecule has 12 aromatic rings. The van der Waals surface area contributed by atoms with Gasteiger partial charge in [0.15, 0.2) is 11.5 Å². The highest BCUT2D eigenvalue weighted by Crippen LogP contribution is 2.36. The Morgan fingerprint density at radius 3 is 1.94 bits per heavy atom. The molecule has 452 valence electrons. The second kappa shape index (κ2) is 29.8. The van der Waals surface area contributed by atoms with Crippen LogP contribution in [0.2, 0.25) is 0 Å². The Balaban J connectivity index is 0.000000145. The van der Waals surface area contributed by atoms with Crippen LogP contribution in [0.15, 0.2) is 182 Å². The van der Waals surface area contributed by atoms with Crippen molar-refractivity contribution in [2.24, 2.45) is 0 Å². The molecule has 0 radical (unpaired) electrons. The Morgan fingerprint density at radius 2 is 1.28 bits per heavy atom. The number of aryl methyl sites for hydroxylation is 1. The van der Waals surface area contributed by atoms with E-state index in [-0.39, 0.29) is 40.6 Å². The molecule has 12 rings (SSSR count). The molecule has 5 heterocycles. The number of nitro groups is 2. The van der Waals surface area contributed by atoms with Gasteiger partial charge in [-0.25, -0.2) is 24.4 Å². The number of carboxylic acids is 5. The molecule has 7 aromatic carbocycles. The summed E-state index contributed by atoms with van der Waals surface area (Å²) in [5.41, 5.74) is 7.85. The molecule has 0 atom stereocenters. The number of aromatic nitrogens is 6. The molecule has 0 aliphatic carbocycles. The fourth-order valence-electron chi connectivity index (χ4n) is 9.12. The van der Waals surface area contributed by atoms with Crippen LogP contribution < -0.4 is 9.47 Å². The minimum atomic E-state index is -1.16. The van der Waals surface area contributed by atoms with E-state index in [4.69, 9.17) is 29.9 Å². The third-order valence-electron chi connectivity index (χ3n) is 13.2. The highest BCUT2D eigenvalue weighted by Gasteiger charge is 2.21. The Morgan fingerprint density at radius 1 is 0.584 bits per heavy atom. The van der Waals surface area contributed by atoms with Gasteiger partial charge >= 0.3 is 29.8 Å². The molecule has 0 saturated heterocycles. The van der Waals surface area contributed by atoms with Crippen LogP contribution in [0.3, 0.4) is 0 Å². The van der Waals surface area contributed by atoms with Gasteiger partial charge in [0.05, 0.1) is 55.9 Å². The molecule has 0 spiro atoms. The summed E-state index contributed by atoms with van der Waals surface area (Å²) in [6, 6.07) is 50.9. The van der Waals surface area contributed by atoms with E-state index in [0.717, 1.165) is 39.7 Å². The Labute approximate surface area is 507 Å². The first-order valence-corrected chi connectivity index (χ1v) is 28.0. The predicted molar refractivity (Wildman–Crippen MR) is 334 cm³/mol. The largest absolute Gasteiger partial charge is 0.493 e. The Bertz CT molecular complexity index is 4480. The number of hydrogen-bond acceptors (Lipinski definition) is 14. The van der Waals surface area contributed by atoms with Gasteiger partial charge in [0.25, 0.3) is 11.4 Å². The maximum atomic E-state index is 11.4. The zero-order valence-corrected chi connectivity index (χ0v) is 47.8. The van der Waals surface area contributed by atoms with Crippen LogP contribution in [0.1, 0.15) is 61.3 Å². The molecular weight excluding hydrogens is 1170 g/mol. The van der Waals surface area contributed by atoms with Crippen LogP contribution >= 0.6 is 11.8 Å². The lowest BCUT2D eigenvalue weighted by molar-refractivity contribution is -0.384. The van der Waals surface area contributed by atoms with Crippen LogP contribution in [-0.4, -0.2) is 108 Å². The van der Waals surface area contributed by atoms with Gasteiger partial charge in [-0.05, 0) is 84.1 Å². The van der Waals surface area contributed by atoms with E-state index in [9.17, 15) is 49.3 Å². The van der Waals surface area contributed by atoms with E-state index in [1.54, 1.807) is 49.6 Å². The summed E-state index contributed by atoms with van der Waals surface area (Å²) in [4.78, 5) is 94.5. The fraction of sp³-hybridized carbons (Fsp3) is 0.109. The number of thioether (sulfide) groups is 1. The SMILES string of the molecule is COc1cc2cc(C(=O)O)[nH]c2cc1OCc1ccccc1.O=C(O)CCCc1c[nH]c2ccccc12.O=C(O)CSCc1nc2ccccc2[nH]1.O=C(O)c1[nH]c2ccc([N+](=O)[O-])cc2c1-c1ccccc1.O=C(O)c1ccc2c([N+](=O)[O-])cccc2n1. The van der Waals surface area contributed by atoms with Gasteiger partial charge in [-0.2, -0.15) is 0 Å². The minimum Gasteiger partial charge on any atom is -0.493 e. The number of H-pyrrole nitrogens is 4. The zero-order chi connectivity index (χ0) is 63.6. The highest BCUT2D eigenvalue weighted by atomic mass is 32.2. The van der Waals surface area contributed by atoms with Crippen LogP contribution in [0.5, 0.6) is 11.5 Å². The molecule has 0 bridgehead atoms. The summed E-state index contributed by atoms with van der Waals surface area (Å²) < 4.78 is 11.1. The third kappa shape index (κ3) is 16.7. The van der Waals surface area contributed by atoms with E-state index in [0.29, 0.717) is 68.7 Å². The average molecular weight is 1220 g/mol. The lowest BCUT2D eigenvalue weighted by Gasteiger charge is -2.11. The molecular formula is C64H54N8O16S. The lowest BCUT2D eigenvalue weighted by Crippen LogP contribution is -2.00. The first kappa shape index (κ1) is 63.2. The molecule has 0 amide bonds. The van der Waals surface area contributed by atoms with Gasteiger partial charge in [0.1, 0.15) is 29.5 Å². The van der Waals surface area contributed by atoms with E-state index in [1.165, 1.54) is 71.2 Å². The number of nitro benzene ring substituents is 2. The number of carboxylic acid groups (broad SMARTS) is 5. The van der Waals surface area contributed by atoms with Crippen molar-refractivity contribution in [2.75, 3.05) is 12.9 Å². The number of benzene rings is 7. The number of nitrogens with zero attached hydrogens (tertiary/aromatic N) is 4. The number of para-hydroxylation sites is 3. The molecule has 89 heavy (non-hydrogen) atoms. The summed E-state index contributed by atoms with van der Waals surface area (Å²) >= 11 is 1.34. The summed E-state index contributed by atoms with van der Waals surface area (Å²) in [7, 11) is 1.56. The molecule has 25 heteroatoms. The monoisotopic (exact) mass is 1220 g/mol. The summed E-state index contributed by atoms with van der Waals surface area (Å²) in [5, 5.41) is 68.6. The number of imidazole rings is 1. The molecule has 0 fully saturated rings. The van der Waals surface area contributed by atoms with E-state index in [1.807, 2.05) is 85.1 Å². The van der Waals surface area contributed by atoms with E-state index >= 15 is 0 Å². The number of aromatic carboxylic acids is 3. The number of aliphatic carboxylic acids is 2. The number of pyridine rings is 1. The molecule has 0 aliphatic rings. The molecule has 0 aliphatic heterocycles. The quantitative estimate of drug-likeness (QED) is 0.0285. The smallest absolute Gasteiger partial charge is 0.354 e. The number of aromatic amines is 4. The van der Waals surface area contributed by atoms with Gasteiger partial charge in [-0.15, -0.1) is 11.8 Å². The number of fused-ring (bicyclic) bond motifs is 5. The van der Waals surface area contributed by atoms with Crippen LogP contribution in [-0.2, 0) is 28.4 Å². The second-order valence-electron chi connectivity index (χ2n) is 19.2. The minimum absolute atomic E-state index is 0.0247. The van der Waals surface area contributed by atoms with Gasteiger partial charge in [-0.3, -0.25) is 29.8 Å². The first-order chi connectivity index (χ1) is 42.9. The van der Waals surface area contributed by atoms with Crippen molar-refractivity contribution in [1.29, 1.82) is 0 Å². The molecule has 9 N–H and O–H groups in total. The van der Waals surface area contributed by atoms with E-state index < -0.39 is 39.7 Å². The molecule has 0 saturated carbocycles. The van der Waals surface area contributed by atoms with Crippen molar-refractivity contribution in [1.82, 2.24) is 29.9 Å². The number of carbonyl (C=O) groups is 5. The molecule has 5 aromatic heterocycles. The third-order valence-corrected chi connectivity index (χ3v) is 14.1. The number of methoxy groups -OCH3 is 1. The lowest BCUT2D eigenvalue weighted by atomic mass is 10.0. The fourth-order valence-corrected chi connectivity index (χ4v) is 9.72. The van der Waals surface area contributed by atoms with Gasteiger partial charge in [-0.1, -0.05) is 97.1 Å². The van der Waals surface area contributed by atoms with Crippen LogP contribution in [0.4, 0.5) is 11.4 Å². The zero-order valence-electron chi connectivity index (χ0n) is 47.0. The number of nitrogens with one attached hydrogen (secondary N) is 4. The standard InChI is InChI=1S/C17H15NO4.C15H10N2O4.C12H13NO2.C10H6N2O4.C10H10N2O2S/c1-21-15-8-12-7-14(17(19)20)18-13(12)9-16(15)22-10-11-5-3-2-4-6-11;18-15(19)14-13(9-4-2-1-3-5-9)11-8-10(17(20)21)6-7-12(11)16-14;14-12(15)7-3-4-9-8-13-11-6-2-1-5-10(9)11;13-10(14)8-5-4-6-7(11-8)2-1-3-9(6)12(15)16;13-10(14)6-15-5-9-11-7-3-1-2-4-8(7)12-9/h2-9,18H,10H2,1H3,(H,19,20);1-8,16H,(H,18,19);1-2,5-6,8,13H,3-4,7H2,(H,14,15);1-5H,(H,13,14);1-4H,5-6H2,(H,11,12)(H,13,14). The van der Waals surface area contributed by atoms with Gasteiger partial charge in [0, 0.05) is 69.6 Å². The van der Waals surface area contributed by atoms with Crippen molar-refractivity contribution < 1.29 is 68.8 Å². The van der Waals surface area contributed by atoms with Crippen LogP contribution in [0.25, 0.3) is 65.8 Å². The molecule has 24 nitrogen and oxygen atoms in total. The Kier molecular flexibility index (Phi) is 21.1. The topological polar surface area (TPSA) is 380 Å². The summed E-state index contributed by atoms with van der Waals surface area (Å²) in [6.45, 7) is 0.412. The maximum absolute atomic E-state index is 11.4. The summed E-state index contributed by atoms with van der Waals surface area (Å²) in [6.07, 6.45) is 3.71. The number of non-ortho nitro benzene ring substituents is 2. The number of ether oxygens (including phenoxy) is 2. The van der Waals surface area contributed by atoms with Gasteiger partial charge < -0.3 is 54.9 Å². The second-order valence-corrected chi connectivity index (χ2v) is 20.2.